The Morgan fingerprint density at radius 3 is 2.40 bits per heavy atom. The summed E-state index contributed by atoms with van der Waals surface area (Å²) in [6.07, 6.45) is 0. The Bertz CT molecular complexity index is 857. The van der Waals surface area contributed by atoms with Crippen molar-refractivity contribution >= 4 is 23.6 Å². The highest BCUT2D eigenvalue weighted by atomic mass is 16.5. The van der Waals surface area contributed by atoms with E-state index in [1.165, 1.54) is 0 Å². The maximum absolute atomic E-state index is 12.5. The number of carbonyl (C=O) groups excluding carboxylic acids is 1. The highest BCUT2D eigenvalue weighted by Gasteiger charge is 2.12. The second kappa shape index (κ2) is 10.7. The number of aryl methyl sites for hydroxylation is 3. The summed E-state index contributed by atoms with van der Waals surface area (Å²) in [5, 5.41) is 8.62. The minimum atomic E-state index is -0.388. The van der Waals surface area contributed by atoms with E-state index in [2.05, 4.69) is 35.8 Å². The van der Waals surface area contributed by atoms with E-state index in [1.807, 2.05) is 51.1 Å². The molecule has 1 fully saturated rings. The third-order valence-electron chi connectivity index (χ3n) is 4.54. The van der Waals surface area contributed by atoms with Gasteiger partial charge in [0.2, 0.25) is 11.9 Å². The summed E-state index contributed by atoms with van der Waals surface area (Å²) in [7, 11) is 0. The first-order chi connectivity index (χ1) is 14.5. The van der Waals surface area contributed by atoms with Gasteiger partial charge in [0.1, 0.15) is 0 Å². The number of morpholine rings is 1. The van der Waals surface area contributed by atoms with Gasteiger partial charge in [0, 0.05) is 36.7 Å². The lowest BCUT2D eigenvalue weighted by atomic mass is 10.2. The summed E-state index contributed by atoms with van der Waals surface area (Å²) in [4.78, 5) is 28.0. The van der Waals surface area contributed by atoms with Crippen LogP contribution in [-0.2, 0) is 4.74 Å². The Morgan fingerprint density at radius 2 is 1.73 bits per heavy atom. The van der Waals surface area contributed by atoms with Crippen LogP contribution in [0, 0.1) is 20.8 Å². The summed E-state index contributed by atoms with van der Waals surface area (Å²) >= 11 is 0. The number of ether oxygens (including phenoxy) is 1. The average molecular weight is 412 g/mol. The Morgan fingerprint density at radius 1 is 1.07 bits per heavy atom. The first kappa shape index (κ1) is 21.7. The number of nitrogens with one attached hydrogen (secondary N) is 3. The van der Waals surface area contributed by atoms with Crippen LogP contribution >= 0.6 is 0 Å². The maximum Gasteiger partial charge on any atom is 0.326 e. The SMILES string of the molecule is Cc1ccc(NC(=O)NC(=NCCN2CCOCC2)Nc2nc(C)cc(C)n2)cc1. The normalized spacial score (nSPS) is 15.0. The first-order valence-corrected chi connectivity index (χ1v) is 10.1. The quantitative estimate of drug-likeness (QED) is 0.515. The number of guanidine groups is 1. The summed E-state index contributed by atoms with van der Waals surface area (Å²) < 4.78 is 5.37. The highest BCUT2D eigenvalue weighted by Crippen LogP contribution is 2.08. The predicted molar refractivity (Wildman–Crippen MR) is 118 cm³/mol. The molecule has 0 radical (unpaired) electrons. The molecule has 2 amide bonds. The fourth-order valence-electron chi connectivity index (χ4n) is 3.03. The van der Waals surface area contributed by atoms with Crippen LogP contribution in [0.1, 0.15) is 17.0 Å². The predicted octanol–water partition coefficient (Wildman–Crippen LogP) is 2.32. The number of rotatable bonds is 5. The van der Waals surface area contributed by atoms with Gasteiger partial charge in [0.05, 0.1) is 19.8 Å². The molecule has 3 rings (SSSR count). The smallest absolute Gasteiger partial charge is 0.326 e. The number of hydrogen-bond donors (Lipinski definition) is 3. The first-order valence-electron chi connectivity index (χ1n) is 10.1. The van der Waals surface area contributed by atoms with Gasteiger partial charge in [-0.15, -0.1) is 0 Å². The van der Waals surface area contributed by atoms with Gasteiger partial charge in [-0.25, -0.2) is 14.8 Å². The molecule has 0 bridgehead atoms. The lowest BCUT2D eigenvalue weighted by molar-refractivity contribution is 0.0394. The number of aliphatic imine (C=N–C) groups is 1. The van der Waals surface area contributed by atoms with Crippen molar-refractivity contribution in [3.63, 3.8) is 0 Å². The third-order valence-corrected chi connectivity index (χ3v) is 4.54. The van der Waals surface area contributed by atoms with Gasteiger partial charge in [-0.2, -0.15) is 0 Å². The summed E-state index contributed by atoms with van der Waals surface area (Å²) in [6.45, 7) is 10.3. The lowest BCUT2D eigenvalue weighted by Crippen LogP contribution is -2.41. The summed E-state index contributed by atoms with van der Waals surface area (Å²) in [6, 6.07) is 9.08. The number of carbonyl (C=O) groups is 1. The minimum Gasteiger partial charge on any atom is -0.379 e. The van der Waals surface area contributed by atoms with Gasteiger partial charge < -0.3 is 10.1 Å². The van der Waals surface area contributed by atoms with Crippen molar-refractivity contribution in [1.82, 2.24) is 20.2 Å². The van der Waals surface area contributed by atoms with Gasteiger partial charge in [0.15, 0.2) is 0 Å². The van der Waals surface area contributed by atoms with E-state index < -0.39 is 0 Å². The molecule has 2 aromatic rings. The minimum absolute atomic E-state index is 0.304. The molecule has 0 aliphatic carbocycles. The molecule has 0 saturated carbocycles. The molecule has 1 saturated heterocycles. The molecule has 1 aliphatic rings. The van der Waals surface area contributed by atoms with E-state index in [0.29, 0.717) is 24.1 Å². The van der Waals surface area contributed by atoms with Gasteiger partial charge >= 0.3 is 6.03 Å². The van der Waals surface area contributed by atoms with Crippen molar-refractivity contribution in [2.45, 2.75) is 20.8 Å². The monoisotopic (exact) mass is 411 g/mol. The molecule has 160 valence electrons. The van der Waals surface area contributed by atoms with Gasteiger partial charge in [-0.3, -0.25) is 20.5 Å². The molecule has 2 heterocycles. The van der Waals surface area contributed by atoms with E-state index in [0.717, 1.165) is 49.8 Å². The van der Waals surface area contributed by atoms with E-state index in [-0.39, 0.29) is 6.03 Å². The second-order valence-electron chi connectivity index (χ2n) is 7.23. The van der Waals surface area contributed by atoms with E-state index in [1.54, 1.807) is 0 Å². The Balaban J connectivity index is 1.66. The van der Waals surface area contributed by atoms with Gasteiger partial charge in [0.25, 0.3) is 0 Å². The number of amides is 2. The molecular weight excluding hydrogens is 382 g/mol. The molecule has 1 aromatic heterocycles. The lowest BCUT2D eigenvalue weighted by Gasteiger charge is -2.25. The Labute approximate surface area is 177 Å². The van der Waals surface area contributed by atoms with E-state index in [9.17, 15) is 4.79 Å². The molecule has 30 heavy (non-hydrogen) atoms. The van der Waals surface area contributed by atoms with Gasteiger partial charge in [-0.05, 0) is 39.0 Å². The number of nitrogens with zero attached hydrogens (tertiary/aromatic N) is 4. The largest absolute Gasteiger partial charge is 0.379 e. The number of aromatic nitrogens is 2. The van der Waals surface area contributed by atoms with Crippen molar-refractivity contribution in [1.29, 1.82) is 0 Å². The topological polar surface area (TPSA) is 104 Å². The van der Waals surface area contributed by atoms with Crippen LogP contribution in [-0.4, -0.2) is 66.3 Å². The standard InChI is InChI=1S/C21H29N7O2/c1-15-4-6-18(7-5-15)25-21(29)27-19(22-8-9-28-10-12-30-13-11-28)26-20-23-16(2)14-17(3)24-20/h4-7,14H,8-13H2,1-3H3,(H3,22,23,24,25,26,27,29). The van der Waals surface area contributed by atoms with Crippen LogP contribution in [0.2, 0.25) is 0 Å². The van der Waals surface area contributed by atoms with E-state index >= 15 is 0 Å². The van der Waals surface area contributed by atoms with Gasteiger partial charge in [-0.1, -0.05) is 17.7 Å². The number of urea groups is 1. The van der Waals surface area contributed by atoms with Crippen LogP contribution in [0.15, 0.2) is 35.3 Å². The van der Waals surface area contributed by atoms with Crippen molar-refractivity contribution in [2.75, 3.05) is 50.0 Å². The van der Waals surface area contributed by atoms with Crippen LogP contribution in [0.3, 0.4) is 0 Å². The molecular formula is C21H29N7O2. The van der Waals surface area contributed by atoms with Crippen molar-refractivity contribution in [2.24, 2.45) is 4.99 Å². The number of anilines is 2. The Hall–Kier alpha value is -3.04. The van der Waals surface area contributed by atoms with E-state index in [4.69, 9.17) is 4.74 Å². The highest BCUT2D eigenvalue weighted by molar-refractivity contribution is 6.07. The molecule has 0 atom stereocenters. The fourth-order valence-corrected chi connectivity index (χ4v) is 3.03. The van der Waals surface area contributed by atoms with Crippen LogP contribution in [0.4, 0.5) is 16.4 Å². The molecule has 0 unspecified atom stereocenters. The maximum atomic E-state index is 12.5. The average Bonchev–Trinajstić information content (AvgIpc) is 2.69. The summed E-state index contributed by atoms with van der Waals surface area (Å²) in [5.41, 5.74) is 3.50. The molecule has 0 spiro atoms. The van der Waals surface area contributed by atoms with Crippen LogP contribution in [0.25, 0.3) is 0 Å². The van der Waals surface area contributed by atoms with Crippen molar-refractivity contribution < 1.29 is 9.53 Å². The molecule has 9 heteroatoms. The molecule has 9 nitrogen and oxygen atoms in total. The number of hydrogen-bond acceptors (Lipinski definition) is 6. The molecule has 1 aromatic carbocycles. The van der Waals surface area contributed by atoms with Crippen molar-refractivity contribution in [3.8, 4) is 0 Å². The third kappa shape index (κ3) is 7.09. The number of benzene rings is 1. The second-order valence-corrected chi connectivity index (χ2v) is 7.23. The van der Waals surface area contributed by atoms with Crippen LogP contribution < -0.4 is 16.0 Å². The molecule has 3 N–H and O–H groups in total. The van der Waals surface area contributed by atoms with Crippen molar-refractivity contribution in [3.05, 3.63) is 47.3 Å². The zero-order valence-corrected chi connectivity index (χ0v) is 17.7. The fraction of sp³-hybridized carbons (Fsp3) is 0.429. The zero-order valence-electron chi connectivity index (χ0n) is 17.7. The van der Waals surface area contributed by atoms with Crippen LogP contribution in [0.5, 0.6) is 0 Å². The summed E-state index contributed by atoms with van der Waals surface area (Å²) in [5.74, 6) is 0.700. The molecule has 1 aliphatic heterocycles. The Kier molecular flexibility index (Phi) is 7.69. The zero-order chi connectivity index (χ0) is 21.3.